The minimum atomic E-state index is -0.124. The first-order chi connectivity index (χ1) is 10.1. The molecule has 0 spiro atoms. The van der Waals surface area contributed by atoms with Gasteiger partial charge in [-0.1, -0.05) is 24.3 Å². The zero-order chi connectivity index (χ0) is 14.6. The van der Waals surface area contributed by atoms with Gasteiger partial charge in [0.1, 0.15) is 11.4 Å². The number of aromatic nitrogens is 2. The van der Waals surface area contributed by atoms with Crippen LogP contribution in [0.2, 0.25) is 0 Å². The van der Waals surface area contributed by atoms with Crippen molar-refractivity contribution in [3.8, 4) is 5.75 Å². The van der Waals surface area contributed by atoms with Crippen molar-refractivity contribution in [3.05, 3.63) is 41.7 Å². The minimum absolute atomic E-state index is 0.124. The summed E-state index contributed by atoms with van der Waals surface area (Å²) in [6.07, 6.45) is 3.83. The fourth-order valence-electron chi connectivity index (χ4n) is 3.14. The summed E-state index contributed by atoms with van der Waals surface area (Å²) in [7, 11) is 0. The van der Waals surface area contributed by atoms with Gasteiger partial charge in [0, 0.05) is 22.5 Å². The zero-order valence-corrected chi connectivity index (χ0v) is 12.6. The Morgan fingerprint density at radius 1 is 1.10 bits per heavy atom. The van der Waals surface area contributed by atoms with Crippen LogP contribution in [0, 0.1) is 6.92 Å². The summed E-state index contributed by atoms with van der Waals surface area (Å²) in [4.78, 5) is 9.38. The maximum atomic E-state index is 6.31. The second kappa shape index (κ2) is 4.17. The van der Waals surface area contributed by atoms with E-state index in [9.17, 15) is 0 Å². The average Bonchev–Trinajstić information content (AvgIpc) is 2.46. The van der Waals surface area contributed by atoms with E-state index in [1.54, 1.807) is 0 Å². The Kier molecular flexibility index (Phi) is 2.49. The van der Waals surface area contributed by atoms with Crippen LogP contribution in [0.3, 0.4) is 0 Å². The second-order valence-corrected chi connectivity index (χ2v) is 6.42. The molecule has 0 bridgehead atoms. The van der Waals surface area contributed by atoms with Crippen molar-refractivity contribution < 1.29 is 4.74 Å². The summed E-state index contributed by atoms with van der Waals surface area (Å²) < 4.78 is 6.31. The molecule has 0 saturated heterocycles. The van der Waals surface area contributed by atoms with Gasteiger partial charge < -0.3 is 4.74 Å². The lowest BCUT2D eigenvalue weighted by molar-refractivity contribution is 0.0873. The molecule has 0 radical (unpaired) electrons. The SMILES string of the molecule is Cc1cnc2c(n1)c1c(c3ccccc32)OC(C)(C)CC1. The van der Waals surface area contributed by atoms with E-state index >= 15 is 0 Å². The van der Waals surface area contributed by atoms with E-state index in [2.05, 4.69) is 37.0 Å². The van der Waals surface area contributed by atoms with Crippen LogP contribution in [0.5, 0.6) is 5.75 Å². The topological polar surface area (TPSA) is 35.0 Å². The highest BCUT2D eigenvalue weighted by atomic mass is 16.5. The summed E-state index contributed by atoms with van der Waals surface area (Å²) in [5.41, 5.74) is 4.02. The maximum absolute atomic E-state index is 6.31. The normalized spacial score (nSPS) is 16.7. The number of nitrogens with zero attached hydrogens (tertiary/aromatic N) is 2. The molecule has 2 heterocycles. The molecule has 0 N–H and O–H groups in total. The molecule has 0 aliphatic carbocycles. The molecule has 0 atom stereocenters. The van der Waals surface area contributed by atoms with Crippen molar-refractivity contribution in [2.45, 2.75) is 39.2 Å². The zero-order valence-electron chi connectivity index (χ0n) is 12.6. The van der Waals surface area contributed by atoms with Crippen LogP contribution in [0.4, 0.5) is 0 Å². The van der Waals surface area contributed by atoms with Crippen molar-refractivity contribution in [2.24, 2.45) is 0 Å². The van der Waals surface area contributed by atoms with Gasteiger partial charge in [0.25, 0.3) is 0 Å². The number of hydrogen-bond acceptors (Lipinski definition) is 3. The largest absolute Gasteiger partial charge is 0.487 e. The molecule has 0 unspecified atom stereocenters. The number of hydrogen-bond donors (Lipinski definition) is 0. The van der Waals surface area contributed by atoms with E-state index in [0.717, 1.165) is 46.1 Å². The highest BCUT2D eigenvalue weighted by Gasteiger charge is 2.30. The van der Waals surface area contributed by atoms with Crippen LogP contribution in [-0.4, -0.2) is 15.6 Å². The van der Waals surface area contributed by atoms with E-state index in [0.29, 0.717) is 0 Å². The molecule has 0 fully saturated rings. The summed E-state index contributed by atoms with van der Waals surface area (Å²) >= 11 is 0. The van der Waals surface area contributed by atoms with Gasteiger partial charge in [-0.15, -0.1) is 0 Å². The van der Waals surface area contributed by atoms with E-state index < -0.39 is 0 Å². The fraction of sp³-hybridized carbons (Fsp3) is 0.333. The molecule has 2 aromatic carbocycles. The molecule has 0 amide bonds. The predicted octanol–water partition coefficient (Wildman–Crippen LogP) is 4.20. The van der Waals surface area contributed by atoms with Crippen molar-refractivity contribution in [3.63, 3.8) is 0 Å². The van der Waals surface area contributed by atoms with Gasteiger partial charge in [0.2, 0.25) is 0 Å². The molecule has 1 aliphatic rings. The number of aryl methyl sites for hydroxylation is 2. The Bertz CT molecular complexity index is 868. The van der Waals surface area contributed by atoms with Gasteiger partial charge in [-0.2, -0.15) is 0 Å². The quantitative estimate of drug-likeness (QED) is 0.578. The highest BCUT2D eigenvalue weighted by molar-refractivity contribution is 6.09. The van der Waals surface area contributed by atoms with Gasteiger partial charge in [-0.25, -0.2) is 4.98 Å². The standard InChI is InChI=1S/C18H18N2O/c1-11-10-19-15-12-6-4-5-7-13(12)17-14(16(15)20-11)8-9-18(2,3)21-17/h4-7,10H,8-9H2,1-3H3. The molecule has 1 aromatic heterocycles. The minimum Gasteiger partial charge on any atom is -0.487 e. The van der Waals surface area contributed by atoms with Crippen molar-refractivity contribution in [1.29, 1.82) is 0 Å². The number of rotatable bonds is 0. The summed E-state index contributed by atoms with van der Waals surface area (Å²) in [6.45, 7) is 6.29. The molecule has 21 heavy (non-hydrogen) atoms. The highest BCUT2D eigenvalue weighted by Crippen LogP contribution is 2.42. The van der Waals surface area contributed by atoms with E-state index in [-0.39, 0.29) is 5.60 Å². The maximum Gasteiger partial charge on any atom is 0.133 e. The van der Waals surface area contributed by atoms with Gasteiger partial charge in [0.15, 0.2) is 0 Å². The third kappa shape index (κ3) is 1.88. The van der Waals surface area contributed by atoms with Crippen molar-refractivity contribution in [1.82, 2.24) is 9.97 Å². The Morgan fingerprint density at radius 3 is 2.67 bits per heavy atom. The average molecular weight is 278 g/mol. The molecular formula is C18H18N2O. The van der Waals surface area contributed by atoms with E-state index in [1.165, 1.54) is 5.56 Å². The van der Waals surface area contributed by atoms with Crippen LogP contribution in [0.25, 0.3) is 21.8 Å². The number of fused-ring (bicyclic) bond motifs is 6. The van der Waals surface area contributed by atoms with E-state index in [1.807, 2.05) is 19.2 Å². The summed E-state index contributed by atoms with van der Waals surface area (Å²) in [5.74, 6) is 0.995. The van der Waals surface area contributed by atoms with Gasteiger partial charge in [-0.05, 0) is 33.6 Å². The Balaban J connectivity index is 2.19. The lowest BCUT2D eigenvalue weighted by Gasteiger charge is -2.33. The lowest BCUT2D eigenvalue weighted by atomic mass is 9.91. The molecule has 1 aliphatic heterocycles. The molecule has 3 nitrogen and oxygen atoms in total. The molecule has 4 rings (SSSR count). The van der Waals surface area contributed by atoms with Crippen LogP contribution < -0.4 is 4.74 Å². The Morgan fingerprint density at radius 2 is 1.86 bits per heavy atom. The molecule has 3 heteroatoms. The lowest BCUT2D eigenvalue weighted by Crippen LogP contribution is -2.32. The first-order valence-electron chi connectivity index (χ1n) is 7.41. The van der Waals surface area contributed by atoms with Crippen LogP contribution in [0.1, 0.15) is 31.5 Å². The number of ether oxygens (including phenoxy) is 1. The molecule has 3 aromatic rings. The monoisotopic (exact) mass is 278 g/mol. The Labute approximate surface area is 124 Å². The summed E-state index contributed by atoms with van der Waals surface area (Å²) in [5, 5.41) is 2.27. The second-order valence-electron chi connectivity index (χ2n) is 6.42. The van der Waals surface area contributed by atoms with Crippen LogP contribution >= 0.6 is 0 Å². The van der Waals surface area contributed by atoms with E-state index in [4.69, 9.17) is 9.72 Å². The molecule has 106 valence electrons. The predicted molar refractivity (Wildman–Crippen MR) is 84.8 cm³/mol. The fourth-order valence-corrected chi connectivity index (χ4v) is 3.14. The first kappa shape index (κ1) is 12.6. The van der Waals surface area contributed by atoms with Gasteiger partial charge >= 0.3 is 0 Å². The van der Waals surface area contributed by atoms with Gasteiger partial charge in [-0.3, -0.25) is 4.98 Å². The molecular weight excluding hydrogens is 260 g/mol. The Hall–Kier alpha value is -2.16. The van der Waals surface area contributed by atoms with Crippen LogP contribution in [0.15, 0.2) is 30.5 Å². The first-order valence-corrected chi connectivity index (χ1v) is 7.41. The van der Waals surface area contributed by atoms with Crippen LogP contribution in [-0.2, 0) is 6.42 Å². The third-order valence-electron chi connectivity index (χ3n) is 4.24. The number of benzene rings is 2. The molecule has 0 saturated carbocycles. The third-order valence-corrected chi connectivity index (χ3v) is 4.24. The summed E-state index contributed by atoms with van der Waals surface area (Å²) in [6, 6.07) is 8.33. The smallest absolute Gasteiger partial charge is 0.133 e. The van der Waals surface area contributed by atoms with Gasteiger partial charge in [0.05, 0.1) is 16.7 Å². The van der Waals surface area contributed by atoms with Crippen molar-refractivity contribution in [2.75, 3.05) is 0 Å². The van der Waals surface area contributed by atoms with Crippen molar-refractivity contribution >= 4 is 21.8 Å².